The zero-order valence-corrected chi connectivity index (χ0v) is 13.2. The van der Waals surface area contributed by atoms with Crippen molar-refractivity contribution in [3.63, 3.8) is 0 Å². The predicted molar refractivity (Wildman–Crippen MR) is 84.7 cm³/mol. The largest absolute Gasteiger partial charge is 0.454 e. The van der Waals surface area contributed by atoms with Crippen LogP contribution in [0.4, 0.5) is 0 Å². The predicted octanol–water partition coefficient (Wildman–Crippen LogP) is 0.912. The highest BCUT2D eigenvalue weighted by Gasteiger charge is 2.35. The molecule has 1 aliphatic carbocycles. The van der Waals surface area contributed by atoms with Gasteiger partial charge in [-0.3, -0.25) is 14.4 Å². The molecule has 0 unspecified atom stereocenters. The van der Waals surface area contributed by atoms with E-state index in [1.165, 1.54) is 0 Å². The summed E-state index contributed by atoms with van der Waals surface area (Å²) in [6.45, 7) is -0.798. The molecule has 0 atom stereocenters. The summed E-state index contributed by atoms with van der Waals surface area (Å²) in [6, 6.07) is 10.6. The molecule has 1 aliphatic rings. The van der Waals surface area contributed by atoms with E-state index in [-0.39, 0.29) is 6.54 Å². The second kappa shape index (κ2) is 8.11. The minimum Gasteiger partial charge on any atom is -0.454 e. The standard InChI is InChI=1S/C17H19N3O4/c18-12-17(8-4-5-9-17)20-14(21)11-24-15(22)10-19-16(23)13-6-2-1-3-7-13/h1-3,6-7H,4-5,8-11H2,(H,19,23)(H,20,21). The number of esters is 1. The van der Waals surface area contributed by atoms with Crippen LogP contribution in [0.1, 0.15) is 36.0 Å². The number of benzene rings is 1. The van der Waals surface area contributed by atoms with Crippen molar-refractivity contribution in [2.24, 2.45) is 0 Å². The van der Waals surface area contributed by atoms with Gasteiger partial charge in [-0.2, -0.15) is 5.26 Å². The molecule has 0 spiro atoms. The molecule has 0 radical (unpaired) electrons. The number of carbonyl (C=O) groups is 3. The Hall–Kier alpha value is -2.88. The fraction of sp³-hybridized carbons (Fsp3) is 0.412. The van der Waals surface area contributed by atoms with Crippen LogP contribution < -0.4 is 10.6 Å². The summed E-state index contributed by atoms with van der Waals surface area (Å²) in [5.41, 5.74) is -0.411. The molecule has 7 nitrogen and oxygen atoms in total. The van der Waals surface area contributed by atoms with E-state index in [0.29, 0.717) is 18.4 Å². The molecule has 126 valence electrons. The minimum absolute atomic E-state index is 0.329. The van der Waals surface area contributed by atoms with Gasteiger partial charge in [-0.05, 0) is 37.8 Å². The van der Waals surface area contributed by atoms with Gasteiger partial charge in [-0.1, -0.05) is 18.2 Å². The maximum atomic E-state index is 11.8. The fourth-order valence-corrected chi connectivity index (χ4v) is 2.59. The van der Waals surface area contributed by atoms with Crippen molar-refractivity contribution in [1.82, 2.24) is 10.6 Å². The highest BCUT2D eigenvalue weighted by molar-refractivity contribution is 5.96. The third kappa shape index (κ3) is 4.81. The van der Waals surface area contributed by atoms with Crippen LogP contribution >= 0.6 is 0 Å². The summed E-state index contributed by atoms with van der Waals surface area (Å²) in [7, 11) is 0. The van der Waals surface area contributed by atoms with Gasteiger partial charge in [-0.15, -0.1) is 0 Å². The van der Waals surface area contributed by atoms with E-state index in [0.717, 1.165) is 12.8 Å². The first-order chi connectivity index (χ1) is 11.5. The molecule has 2 N–H and O–H groups in total. The van der Waals surface area contributed by atoms with Crippen molar-refractivity contribution < 1.29 is 19.1 Å². The summed E-state index contributed by atoms with van der Waals surface area (Å²) in [6.07, 6.45) is 2.99. The zero-order chi connectivity index (χ0) is 17.4. The van der Waals surface area contributed by atoms with Crippen LogP contribution in [0, 0.1) is 11.3 Å². The van der Waals surface area contributed by atoms with Crippen LogP contribution in [-0.4, -0.2) is 36.5 Å². The Kier molecular flexibility index (Phi) is 5.90. The van der Waals surface area contributed by atoms with Crippen LogP contribution in [0.25, 0.3) is 0 Å². The van der Waals surface area contributed by atoms with Crippen LogP contribution in [0.2, 0.25) is 0 Å². The molecule has 0 saturated heterocycles. The molecule has 0 bridgehead atoms. The third-order valence-corrected chi connectivity index (χ3v) is 3.84. The van der Waals surface area contributed by atoms with Crippen LogP contribution in [0.5, 0.6) is 0 Å². The Morgan fingerprint density at radius 1 is 1.17 bits per heavy atom. The molecular weight excluding hydrogens is 310 g/mol. The molecule has 0 aliphatic heterocycles. The second-order valence-electron chi connectivity index (χ2n) is 5.66. The Morgan fingerprint density at radius 2 is 1.83 bits per heavy atom. The number of rotatable bonds is 6. The second-order valence-corrected chi connectivity index (χ2v) is 5.66. The molecule has 7 heteroatoms. The number of nitrogens with zero attached hydrogens (tertiary/aromatic N) is 1. The van der Waals surface area contributed by atoms with Gasteiger partial charge >= 0.3 is 5.97 Å². The third-order valence-electron chi connectivity index (χ3n) is 3.84. The van der Waals surface area contributed by atoms with E-state index >= 15 is 0 Å². The lowest BCUT2D eigenvalue weighted by molar-refractivity contribution is -0.147. The van der Waals surface area contributed by atoms with E-state index in [9.17, 15) is 19.6 Å². The maximum Gasteiger partial charge on any atom is 0.325 e. The summed E-state index contributed by atoms with van der Waals surface area (Å²) in [5.74, 6) is -1.63. The number of carbonyl (C=O) groups excluding carboxylic acids is 3. The molecule has 2 rings (SSSR count). The quantitative estimate of drug-likeness (QED) is 0.754. The highest BCUT2D eigenvalue weighted by atomic mass is 16.5. The first kappa shape index (κ1) is 17.5. The summed E-state index contributed by atoms with van der Waals surface area (Å²) >= 11 is 0. The van der Waals surface area contributed by atoms with E-state index in [1.807, 2.05) is 0 Å². The van der Waals surface area contributed by atoms with Gasteiger partial charge in [0.05, 0.1) is 6.07 Å². The van der Waals surface area contributed by atoms with Gasteiger partial charge in [0, 0.05) is 5.56 Å². The lowest BCUT2D eigenvalue weighted by Gasteiger charge is -2.21. The van der Waals surface area contributed by atoms with Gasteiger partial charge in [0.2, 0.25) is 0 Å². The van der Waals surface area contributed by atoms with E-state index < -0.39 is 29.9 Å². The van der Waals surface area contributed by atoms with Crippen molar-refractivity contribution in [2.45, 2.75) is 31.2 Å². The molecular formula is C17H19N3O4. The summed E-state index contributed by atoms with van der Waals surface area (Å²) in [4.78, 5) is 35.2. The molecule has 1 aromatic carbocycles. The minimum atomic E-state index is -0.842. The first-order valence-electron chi connectivity index (χ1n) is 7.76. The molecule has 24 heavy (non-hydrogen) atoms. The molecule has 1 aromatic rings. The lowest BCUT2D eigenvalue weighted by atomic mass is 10.00. The van der Waals surface area contributed by atoms with Crippen molar-refractivity contribution in [1.29, 1.82) is 5.26 Å². The lowest BCUT2D eigenvalue weighted by Crippen LogP contribution is -2.47. The normalized spacial score (nSPS) is 15.1. The van der Waals surface area contributed by atoms with E-state index in [2.05, 4.69) is 16.7 Å². The molecule has 2 amide bonds. The van der Waals surface area contributed by atoms with Gasteiger partial charge in [0.25, 0.3) is 11.8 Å². The number of nitrogens with one attached hydrogen (secondary N) is 2. The topological polar surface area (TPSA) is 108 Å². The summed E-state index contributed by atoms with van der Waals surface area (Å²) < 4.78 is 4.81. The van der Waals surface area contributed by atoms with E-state index in [4.69, 9.17) is 4.74 Å². The highest BCUT2D eigenvalue weighted by Crippen LogP contribution is 2.28. The fourth-order valence-electron chi connectivity index (χ4n) is 2.59. The van der Waals surface area contributed by atoms with Gasteiger partial charge in [0.1, 0.15) is 12.1 Å². The number of amides is 2. The van der Waals surface area contributed by atoms with Crippen molar-refractivity contribution in [2.75, 3.05) is 13.2 Å². The van der Waals surface area contributed by atoms with Crippen LogP contribution in [0.15, 0.2) is 30.3 Å². The van der Waals surface area contributed by atoms with Gasteiger partial charge in [0.15, 0.2) is 6.61 Å². The van der Waals surface area contributed by atoms with Crippen LogP contribution in [-0.2, 0) is 14.3 Å². The average Bonchev–Trinajstić information content (AvgIpc) is 3.07. The monoisotopic (exact) mass is 329 g/mol. The van der Waals surface area contributed by atoms with Crippen molar-refractivity contribution in [3.8, 4) is 6.07 Å². The molecule has 1 fully saturated rings. The van der Waals surface area contributed by atoms with Gasteiger partial charge < -0.3 is 15.4 Å². The number of nitriles is 1. The van der Waals surface area contributed by atoms with Crippen molar-refractivity contribution >= 4 is 17.8 Å². The SMILES string of the molecule is N#CC1(NC(=O)COC(=O)CNC(=O)c2ccccc2)CCCC1. The van der Waals surface area contributed by atoms with Gasteiger partial charge in [-0.25, -0.2) is 0 Å². The number of hydrogen-bond donors (Lipinski definition) is 2. The van der Waals surface area contributed by atoms with Crippen LogP contribution in [0.3, 0.4) is 0 Å². The zero-order valence-electron chi connectivity index (χ0n) is 13.2. The molecule has 0 heterocycles. The van der Waals surface area contributed by atoms with E-state index in [1.54, 1.807) is 30.3 Å². The Balaban J connectivity index is 1.70. The summed E-state index contributed by atoms with van der Waals surface area (Å²) in [5, 5.41) is 14.2. The number of ether oxygens (including phenoxy) is 1. The maximum absolute atomic E-state index is 11.8. The first-order valence-corrected chi connectivity index (χ1v) is 7.76. The molecule has 0 aromatic heterocycles. The van der Waals surface area contributed by atoms with Crippen molar-refractivity contribution in [3.05, 3.63) is 35.9 Å². The Morgan fingerprint density at radius 3 is 2.46 bits per heavy atom. The average molecular weight is 329 g/mol. The smallest absolute Gasteiger partial charge is 0.325 e. The molecule has 1 saturated carbocycles. The number of hydrogen-bond acceptors (Lipinski definition) is 5. The Labute approximate surface area is 140 Å². The Bertz CT molecular complexity index is 646.